The van der Waals surface area contributed by atoms with Crippen LogP contribution in [0.2, 0.25) is 0 Å². The maximum Gasteiger partial charge on any atom is 0.227 e. The van der Waals surface area contributed by atoms with Crippen molar-refractivity contribution in [3.63, 3.8) is 0 Å². The van der Waals surface area contributed by atoms with Gasteiger partial charge < -0.3 is 14.0 Å². The maximum atomic E-state index is 13.1. The van der Waals surface area contributed by atoms with E-state index in [1.165, 1.54) is 0 Å². The summed E-state index contributed by atoms with van der Waals surface area (Å²) in [6.07, 6.45) is 5.94. The monoisotopic (exact) mass is 357 g/mol. The highest BCUT2D eigenvalue weighted by Gasteiger charge is 2.41. The van der Waals surface area contributed by atoms with Crippen LogP contribution in [0.3, 0.4) is 0 Å². The normalized spacial score (nSPS) is 23.7. The molecule has 0 unspecified atom stereocenters. The minimum Gasteiger partial charge on any atom is -0.361 e. The Morgan fingerprint density at radius 3 is 2.81 bits per heavy atom. The van der Waals surface area contributed by atoms with E-state index in [-0.39, 0.29) is 17.9 Å². The molecule has 2 bridgehead atoms. The maximum absolute atomic E-state index is 13.1. The number of fused-ring (bicyclic) bond motifs is 4. The highest BCUT2D eigenvalue weighted by Crippen LogP contribution is 2.31. The van der Waals surface area contributed by atoms with Crippen LogP contribution in [0.4, 0.5) is 0 Å². The Labute approximate surface area is 154 Å². The molecule has 0 saturated carbocycles. The molecule has 140 valence electrons. The van der Waals surface area contributed by atoms with E-state index in [1.807, 2.05) is 26.2 Å². The van der Waals surface area contributed by atoms with Gasteiger partial charge in [-0.25, -0.2) is 4.98 Å². The lowest BCUT2D eigenvalue weighted by atomic mass is 9.93. The van der Waals surface area contributed by atoms with E-state index in [0.29, 0.717) is 6.54 Å². The summed E-state index contributed by atoms with van der Waals surface area (Å²) in [5, 5.41) is 4.04. The molecular formula is C19H27N5O2. The zero-order chi connectivity index (χ0) is 18.3. The molecular weight excluding hydrogens is 330 g/mol. The van der Waals surface area contributed by atoms with Gasteiger partial charge in [-0.15, -0.1) is 0 Å². The fourth-order valence-corrected chi connectivity index (χ4v) is 4.34. The van der Waals surface area contributed by atoms with Crippen molar-refractivity contribution in [2.45, 2.75) is 59.3 Å². The Balaban J connectivity index is 1.53. The van der Waals surface area contributed by atoms with Crippen LogP contribution in [-0.2, 0) is 24.4 Å². The number of nitrogens with zero attached hydrogens (tertiary/aromatic N) is 5. The first kappa shape index (κ1) is 17.3. The number of hydrogen-bond acceptors (Lipinski definition) is 5. The molecule has 7 heteroatoms. The number of hydrogen-bond donors (Lipinski definition) is 0. The van der Waals surface area contributed by atoms with Gasteiger partial charge in [0.1, 0.15) is 11.6 Å². The van der Waals surface area contributed by atoms with Gasteiger partial charge in [0.2, 0.25) is 5.91 Å². The lowest BCUT2D eigenvalue weighted by Crippen LogP contribution is -2.47. The van der Waals surface area contributed by atoms with E-state index in [4.69, 9.17) is 4.52 Å². The van der Waals surface area contributed by atoms with E-state index in [9.17, 15) is 4.79 Å². The molecule has 0 N–H and O–H groups in total. The highest BCUT2D eigenvalue weighted by molar-refractivity contribution is 5.80. The number of amides is 1. The molecule has 3 aliphatic rings. The second kappa shape index (κ2) is 6.87. The molecule has 7 nitrogen and oxygen atoms in total. The fourth-order valence-electron chi connectivity index (χ4n) is 4.34. The van der Waals surface area contributed by atoms with Crippen LogP contribution in [0, 0.1) is 19.8 Å². The van der Waals surface area contributed by atoms with Crippen molar-refractivity contribution in [2.24, 2.45) is 5.92 Å². The molecule has 3 aliphatic heterocycles. The number of aryl methyl sites for hydroxylation is 3. The molecule has 3 saturated heterocycles. The summed E-state index contributed by atoms with van der Waals surface area (Å²) in [4.78, 5) is 22.0. The molecule has 2 aromatic heterocycles. The van der Waals surface area contributed by atoms with Gasteiger partial charge in [0.25, 0.3) is 0 Å². The molecule has 0 aromatic carbocycles. The average molecular weight is 357 g/mol. The summed E-state index contributed by atoms with van der Waals surface area (Å²) in [6.45, 7) is 10.1. The molecule has 0 radical (unpaired) electrons. The minimum atomic E-state index is 0.0826. The zero-order valence-corrected chi connectivity index (χ0v) is 15.8. The van der Waals surface area contributed by atoms with Crippen LogP contribution in [0.1, 0.15) is 42.6 Å². The predicted molar refractivity (Wildman–Crippen MR) is 96.2 cm³/mol. The molecule has 5 rings (SSSR count). The first-order chi connectivity index (χ1) is 12.6. The van der Waals surface area contributed by atoms with Crippen molar-refractivity contribution in [3.8, 4) is 0 Å². The van der Waals surface area contributed by atoms with Gasteiger partial charge >= 0.3 is 0 Å². The van der Waals surface area contributed by atoms with E-state index >= 15 is 0 Å². The van der Waals surface area contributed by atoms with Gasteiger partial charge in [-0.3, -0.25) is 9.69 Å². The quantitative estimate of drug-likeness (QED) is 0.820. The third-order valence-electron chi connectivity index (χ3n) is 5.89. The first-order valence-corrected chi connectivity index (χ1v) is 9.51. The summed E-state index contributed by atoms with van der Waals surface area (Å²) >= 11 is 0. The van der Waals surface area contributed by atoms with E-state index in [2.05, 4.69) is 31.4 Å². The smallest absolute Gasteiger partial charge is 0.227 e. The van der Waals surface area contributed by atoms with Crippen molar-refractivity contribution in [1.29, 1.82) is 0 Å². The van der Waals surface area contributed by atoms with Gasteiger partial charge in [0.15, 0.2) is 0 Å². The SMILES string of the molecule is CCn1ccnc1CN1C[C@H]2CC[C@@H](C1)N(Cc1c(C)noc1C)C2=O. The number of imidazole rings is 1. The van der Waals surface area contributed by atoms with Crippen molar-refractivity contribution in [3.05, 3.63) is 35.2 Å². The molecule has 26 heavy (non-hydrogen) atoms. The summed E-state index contributed by atoms with van der Waals surface area (Å²) in [5.74, 6) is 2.26. The Morgan fingerprint density at radius 1 is 1.23 bits per heavy atom. The van der Waals surface area contributed by atoms with Crippen molar-refractivity contribution in [2.75, 3.05) is 13.1 Å². The number of rotatable bonds is 5. The second-order valence-electron chi connectivity index (χ2n) is 7.52. The van der Waals surface area contributed by atoms with Crippen LogP contribution < -0.4 is 0 Å². The van der Waals surface area contributed by atoms with Crippen molar-refractivity contribution < 1.29 is 9.32 Å². The molecule has 2 atom stereocenters. The van der Waals surface area contributed by atoms with Crippen LogP contribution in [0.15, 0.2) is 16.9 Å². The van der Waals surface area contributed by atoms with Gasteiger partial charge in [0, 0.05) is 43.6 Å². The summed E-state index contributed by atoms with van der Waals surface area (Å²) < 4.78 is 7.47. The van der Waals surface area contributed by atoms with Gasteiger partial charge in [-0.05, 0) is 33.6 Å². The Hall–Kier alpha value is -2.15. The third kappa shape index (κ3) is 3.05. The standard InChI is InChI=1S/C19H27N5O2/c1-4-23-8-7-20-18(23)12-22-9-15-5-6-16(10-22)24(19(15)25)11-17-13(2)21-26-14(17)3/h7-8,15-16H,4-6,9-12H2,1-3H3/t15-,16+/m1/s1. The zero-order valence-electron chi connectivity index (χ0n) is 15.8. The summed E-state index contributed by atoms with van der Waals surface area (Å²) in [5.41, 5.74) is 1.94. The summed E-state index contributed by atoms with van der Waals surface area (Å²) in [6, 6.07) is 0.250. The Bertz CT molecular complexity index is 776. The Kier molecular flexibility index (Phi) is 4.56. The van der Waals surface area contributed by atoms with E-state index < -0.39 is 0 Å². The number of carbonyl (C=O) groups is 1. The first-order valence-electron chi connectivity index (χ1n) is 9.51. The number of carbonyl (C=O) groups excluding carboxylic acids is 1. The van der Waals surface area contributed by atoms with E-state index in [0.717, 1.165) is 61.9 Å². The Morgan fingerprint density at radius 2 is 2.08 bits per heavy atom. The van der Waals surface area contributed by atoms with Crippen molar-refractivity contribution in [1.82, 2.24) is 24.5 Å². The molecule has 0 aliphatic carbocycles. The molecule has 0 spiro atoms. The molecule has 1 amide bonds. The van der Waals surface area contributed by atoms with Crippen LogP contribution >= 0.6 is 0 Å². The average Bonchev–Trinajstić information content (AvgIpc) is 3.09. The van der Waals surface area contributed by atoms with Gasteiger partial charge in [-0.2, -0.15) is 0 Å². The topological polar surface area (TPSA) is 67.4 Å². The predicted octanol–water partition coefficient (Wildman–Crippen LogP) is 2.13. The van der Waals surface area contributed by atoms with E-state index in [1.54, 1.807) is 0 Å². The van der Waals surface area contributed by atoms with Crippen LogP contribution in [-0.4, -0.2) is 49.5 Å². The second-order valence-corrected chi connectivity index (χ2v) is 7.52. The third-order valence-corrected chi connectivity index (χ3v) is 5.89. The van der Waals surface area contributed by atoms with Crippen molar-refractivity contribution >= 4 is 5.91 Å². The fraction of sp³-hybridized carbons (Fsp3) is 0.632. The molecule has 5 heterocycles. The lowest BCUT2D eigenvalue weighted by molar-refractivity contribution is -0.140. The summed E-state index contributed by atoms with van der Waals surface area (Å²) in [7, 11) is 0. The molecule has 2 aromatic rings. The largest absolute Gasteiger partial charge is 0.361 e. The van der Waals surface area contributed by atoms with Crippen LogP contribution in [0.25, 0.3) is 0 Å². The minimum absolute atomic E-state index is 0.0826. The van der Waals surface area contributed by atoms with Gasteiger partial charge in [-0.1, -0.05) is 5.16 Å². The number of aromatic nitrogens is 3. The number of piperidine rings is 1. The highest BCUT2D eigenvalue weighted by atomic mass is 16.5. The lowest BCUT2D eigenvalue weighted by Gasteiger charge is -2.36. The molecule has 3 fully saturated rings. The van der Waals surface area contributed by atoms with Gasteiger partial charge in [0.05, 0.1) is 24.7 Å². The van der Waals surface area contributed by atoms with Crippen LogP contribution in [0.5, 0.6) is 0 Å².